The highest BCUT2D eigenvalue weighted by Crippen LogP contribution is 2.20. The zero-order valence-electron chi connectivity index (χ0n) is 10.8. The zero-order valence-corrected chi connectivity index (χ0v) is 10.8. The Labute approximate surface area is 109 Å². The van der Waals surface area contributed by atoms with Crippen molar-refractivity contribution in [3.8, 4) is 0 Å². The van der Waals surface area contributed by atoms with Gasteiger partial charge in [0.2, 0.25) is 0 Å². The highest BCUT2D eigenvalue weighted by atomic mass is 16.4. The maximum Gasteiger partial charge on any atom is 0.326 e. The number of aliphatic carboxylic acids is 2. The Hall–Kier alpha value is -2.31. The number of carboxylic acid groups (broad SMARTS) is 2. The van der Waals surface area contributed by atoms with Gasteiger partial charge in [-0.05, 0) is 20.8 Å². The molecule has 1 atom stereocenters. The van der Waals surface area contributed by atoms with Crippen LogP contribution in [0.1, 0.15) is 33.9 Å². The number of rotatable bonds is 5. The molecule has 3 N–H and O–H groups in total. The first-order valence-corrected chi connectivity index (χ1v) is 5.56. The van der Waals surface area contributed by atoms with E-state index in [2.05, 4.69) is 5.32 Å². The number of aryl methyl sites for hydroxylation is 2. The molecule has 0 bridgehead atoms. The molecule has 0 aliphatic heterocycles. The van der Waals surface area contributed by atoms with Gasteiger partial charge in [-0.15, -0.1) is 0 Å². The van der Waals surface area contributed by atoms with Crippen molar-refractivity contribution in [2.45, 2.75) is 33.2 Å². The smallest absolute Gasteiger partial charge is 0.326 e. The molecule has 7 heteroatoms. The minimum Gasteiger partial charge on any atom is -0.481 e. The lowest BCUT2D eigenvalue weighted by Gasteiger charge is -2.12. The van der Waals surface area contributed by atoms with Crippen LogP contribution < -0.4 is 5.32 Å². The number of carbonyl (C=O) groups excluding carboxylic acids is 1. The Morgan fingerprint density at radius 1 is 1.16 bits per heavy atom. The molecule has 1 aromatic rings. The molecule has 1 aromatic heterocycles. The Bertz CT molecular complexity index is 531. The van der Waals surface area contributed by atoms with Crippen molar-refractivity contribution in [2.75, 3.05) is 0 Å². The Balaban J connectivity index is 2.94. The van der Waals surface area contributed by atoms with Crippen LogP contribution in [-0.4, -0.2) is 34.1 Å². The first-order valence-electron chi connectivity index (χ1n) is 5.56. The van der Waals surface area contributed by atoms with E-state index in [0.717, 1.165) is 0 Å². The summed E-state index contributed by atoms with van der Waals surface area (Å²) in [6, 6.07) is -1.47. The van der Waals surface area contributed by atoms with Crippen LogP contribution in [0.3, 0.4) is 0 Å². The van der Waals surface area contributed by atoms with Crippen LogP contribution >= 0.6 is 0 Å². The highest BCUT2D eigenvalue weighted by Gasteiger charge is 2.26. The van der Waals surface area contributed by atoms with Crippen molar-refractivity contribution in [1.82, 2.24) is 5.32 Å². The average Bonchev–Trinajstić information content (AvgIpc) is 2.51. The van der Waals surface area contributed by atoms with Gasteiger partial charge in [-0.25, -0.2) is 4.79 Å². The van der Waals surface area contributed by atoms with Crippen molar-refractivity contribution in [3.05, 3.63) is 22.6 Å². The van der Waals surface area contributed by atoms with Crippen molar-refractivity contribution < 1.29 is 29.0 Å². The fourth-order valence-corrected chi connectivity index (χ4v) is 1.73. The van der Waals surface area contributed by atoms with Gasteiger partial charge < -0.3 is 19.9 Å². The molecule has 0 unspecified atom stereocenters. The second kappa shape index (κ2) is 5.55. The van der Waals surface area contributed by atoms with Crippen molar-refractivity contribution in [1.29, 1.82) is 0 Å². The van der Waals surface area contributed by atoms with Gasteiger partial charge in [-0.2, -0.15) is 0 Å². The second-order valence-corrected chi connectivity index (χ2v) is 4.18. The molecule has 0 saturated carbocycles. The second-order valence-electron chi connectivity index (χ2n) is 4.18. The SMILES string of the molecule is Cc1oc(C)c(C(=O)N[C@H](CC(=O)O)C(=O)O)c1C. The number of amides is 1. The molecule has 7 nitrogen and oxygen atoms in total. The normalized spacial score (nSPS) is 11.9. The van der Waals surface area contributed by atoms with E-state index in [4.69, 9.17) is 14.6 Å². The average molecular weight is 269 g/mol. The Morgan fingerprint density at radius 2 is 1.74 bits per heavy atom. The molecule has 0 aliphatic carbocycles. The van der Waals surface area contributed by atoms with Gasteiger partial charge in [0.25, 0.3) is 5.91 Å². The topological polar surface area (TPSA) is 117 Å². The summed E-state index contributed by atoms with van der Waals surface area (Å²) in [4.78, 5) is 33.4. The van der Waals surface area contributed by atoms with Crippen LogP contribution in [0.5, 0.6) is 0 Å². The van der Waals surface area contributed by atoms with E-state index in [-0.39, 0.29) is 5.56 Å². The highest BCUT2D eigenvalue weighted by molar-refractivity contribution is 5.99. The van der Waals surface area contributed by atoms with Gasteiger partial charge in [0, 0.05) is 5.56 Å². The predicted octanol–water partition coefficient (Wildman–Crippen LogP) is 0.863. The monoisotopic (exact) mass is 269 g/mol. The van der Waals surface area contributed by atoms with E-state index in [0.29, 0.717) is 17.1 Å². The summed E-state index contributed by atoms with van der Waals surface area (Å²) in [5.41, 5.74) is 0.851. The maximum absolute atomic E-state index is 12.0. The summed E-state index contributed by atoms with van der Waals surface area (Å²) in [7, 11) is 0. The third-order valence-electron chi connectivity index (χ3n) is 2.77. The molecule has 0 radical (unpaired) electrons. The fourth-order valence-electron chi connectivity index (χ4n) is 1.73. The first kappa shape index (κ1) is 14.7. The van der Waals surface area contributed by atoms with E-state index in [1.54, 1.807) is 20.8 Å². The summed E-state index contributed by atoms with van der Waals surface area (Å²) in [5.74, 6) is -2.42. The lowest BCUT2D eigenvalue weighted by molar-refractivity contribution is -0.145. The number of carbonyl (C=O) groups is 3. The lowest BCUT2D eigenvalue weighted by atomic mass is 10.1. The van der Waals surface area contributed by atoms with Gasteiger partial charge in [0.05, 0.1) is 12.0 Å². The Kier molecular flexibility index (Phi) is 4.31. The van der Waals surface area contributed by atoms with E-state index in [1.165, 1.54) is 0 Å². The van der Waals surface area contributed by atoms with E-state index in [1.807, 2.05) is 0 Å². The maximum atomic E-state index is 12.0. The van der Waals surface area contributed by atoms with Gasteiger partial charge in [-0.3, -0.25) is 9.59 Å². The third-order valence-corrected chi connectivity index (χ3v) is 2.77. The summed E-state index contributed by atoms with van der Waals surface area (Å²) in [6.07, 6.45) is -0.685. The molecule has 0 aromatic carbocycles. The summed E-state index contributed by atoms with van der Waals surface area (Å²) in [6.45, 7) is 4.95. The minimum atomic E-state index is -1.47. The van der Waals surface area contributed by atoms with E-state index in [9.17, 15) is 14.4 Å². The van der Waals surface area contributed by atoms with Crippen LogP contribution in [0, 0.1) is 20.8 Å². The molecular weight excluding hydrogens is 254 g/mol. The van der Waals surface area contributed by atoms with Gasteiger partial charge in [0.1, 0.15) is 17.6 Å². The van der Waals surface area contributed by atoms with E-state index < -0.39 is 30.3 Å². The molecule has 0 fully saturated rings. The Morgan fingerprint density at radius 3 is 2.11 bits per heavy atom. The number of carboxylic acids is 2. The summed E-state index contributed by atoms with van der Waals surface area (Å²) < 4.78 is 5.26. The third kappa shape index (κ3) is 3.34. The van der Waals surface area contributed by atoms with Gasteiger partial charge >= 0.3 is 11.9 Å². The van der Waals surface area contributed by atoms with Gasteiger partial charge in [0.15, 0.2) is 0 Å². The molecule has 1 amide bonds. The molecule has 0 spiro atoms. The number of furan rings is 1. The summed E-state index contributed by atoms with van der Waals surface area (Å²) in [5, 5.41) is 19.6. The molecular formula is C12H15NO6. The lowest BCUT2D eigenvalue weighted by Crippen LogP contribution is -2.42. The van der Waals surface area contributed by atoms with Gasteiger partial charge in [-0.1, -0.05) is 0 Å². The number of hydrogen-bond donors (Lipinski definition) is 3. The molecule has 0 saturated heterocycles. The quantitative estimate of drug-likeness (QED) is 0.730. The van der Waals surface area contributed by atoms with Crippen LogP contribution in [0.2, 0.25) is 0 Å². The number of nitrogens with one attached hydrogen (secondary N) is 1. The van der Waals surface area contributed by atoms with Crippen LogP contribution in [0.15, 0.2) is 4.42 Å². The minimum absolute atomic E-state index is 0.245. The summed E-state index contributed by atoms with van der Waals surface area (Å²) >= 11 is 0. The largest absolute Gasteiger partial charge is 0.481 e. The standard InChI is InChI=1S/C12H15NO6/c1-5-6(2)19-7(3)10(5)11(16)13-8(12(17)18)4-9(14)15/h8H,4H2,1-3H3,(H,13,16)(H,14,15)(H,17,18)/t8-/m1/s1. The van der Waals surface area contributed by atoms with Crippen molar-refractivity contribution in [2.24, 2.45) is 0 Å². The van der Waals surface area contributed by atoms with Crippen LogP contribution in [0.4, 0.5) is 0 Å². The molecule has 19 heavy (non-hydrogen) atoms. The molecule has 1 rings (SSSR count). The van der Waals surface area contributed by atoms with E-state index >= 15 is 0 Å². The van der Waals surface area contributed by atoms with Crippen LogP contribution in [-0.2, 0) is 9.59 Å². The first-order chi connectivity index (χ1) is 8.73. The molecule has 0 aliphatic rings. The molecule has 104 valence electrons. The predicted molar refractivity (Wildman–Crippen MR) is 64.1 cm³/mol. The van der Waals surface area contributed by atoms with Crippen molar-refractivity contribution in [3.63, 3.8) is 0 Å². The van der Waals surface area contributed by atoms with Crippen LogP contribution in [0.25, 0.3) is 0 Å². The molecule has 1 heterocycles. The van der Waals surface area contributed by atoms with Crippen molar-refractivity contribution >= 4 is 17.8 Å². The number of hydrogen-bond acceptors (Lipinski definition) is 4. The zero-order chi connectivity index (χ0) is 14.7. The fraction of sp³-hybridized carbons (Fsp3) is 0.417.